The molecule has 2 N–H and O–H groups in total. The van der Waals surface area contributed by atoms with Gasteiger partial charge in [-0.25, -0.2) is 18.0 Å². The van der Waals surface area contributed by atoms with Crippen LogP contribution in [0.3, 0.4) is 0 Å². The van der Waals surface area contributed by atoms with Crippen LogP contribution in [0.4, 0.5) is 10.5 Å². The van der Waals surface area contributed by atoms with E-state index in [9.17, 15) is 22.8 Å². The lowest BCUT2D eigenvalue weighted by atomic mass is 10.2. The van der Waals surface area contributed by atoms with Crippen molar-refractivity contribution in [2.45, 2.75) is 25.2 Å². The van der Waals surface area contributed by atoms with Crippen molar-refractivity contribution in [1.82, 2.24) is 10.6 Å². The van der Waals surface area contributed by atoms with E-state index in [1.807, 2.05) is 26.0 Å². The zero-order valence-corrected chi connectivity index (χ0v) is 20.0. The number of sulfonamides is 1. The van der Waals surface area contributed by atoms with Crippen LogP contribution in [-0.4, -0.2) is 53.1 Å². The summed E-state index contributed by atoms with van der Waals surface area (Å²) in [4.78, 5) is 36.1. The third-order valence-corrected chi connectivity index (χ3v) is 6.89. The molecular formula is C23H27N3O7S. The lowest BCUT2D eigenvalue weighted by Crippen LogP contribution is -2.42. The van der Waals surface area contributed by atoms with Crippen molar-refractivity contribution in [2.24, 2.45) is 5.92 Å². The van der Waals surface area contributed by atoms with Crippen LogP contribution in [0.25, 0.3) is 0 Å². The second kappa shape index (κ2) is 10.6. The Morgan fingerprint density at radius 2 is 1.85 bits per heavy atom. The standard InChI is InChI=1S/C23H27N3O7S/c1-15(2)13-24-23(29)25-21(27)14-33-22(28)18-12-17(8-9-20(18)32-3)34(30,31)26-11-10-16-6-4-5-7-19(16)26/h4-9,12,15H,10-11,13-14H2,1-3H3,(H2,24,25,27,29). The summed E-state index contributed by atoms with van der Waals surface area (Å²) in [7, 11) is -2.63. The summed E-state index contributed by atoms with van der Waals surface area (Å²) < 4.78 is 38.0. The SMILES string of the molecule is COc1ccc(S(=O)(=O)N2CCc3ccccc32)cc1C(=O)OCC(=O)NC(=O)NCC(C)C. The van der Waals surface area contributed by atoms with Gasteiger partial charge in [0.1, 0.15) is 11.3 Å². The Kier molecular flexibility index (Phi) is 7.77. The van der Waals surface area contributed by atoms with Gasteiger partial charge in [0.05, 0.1) is 17.7 Å². The van der Waals surface area contributed by atoms with E-state index in [2.05, 4.69) is 10.6 Å². The number of ether oxygens (including phenoxy) is 2. The van der Waals surface area contributed by atoms with E-state index in [1.165, 1.54) is 23.5 Å². The van der Waals surface area contributed by atoms with Crippen LogP contribution in [0, 0.1) is 5.92 Å². The van der Waals surface area contributed by atoms with E-state index < -0.39 is 34.5 Å². The monoisotopic (exact) mass is 489 g/mol. The number of urea groups is 1. The number of hydrogen-bond donors (Lipinski definition) is 2. The first-order chi connectivity index (χ1) is 16.1. The average Bonchev–Trinajstić information content (AvgIpc) is 3.26. The van der Waals surface area contributed by atoms with Gasteiger partial charge < -0.3 is 14.8 Å². The van der Waals surface area contributed by atoms with Crippen LogP contribution in [0.5, 0.6) is 5.75 Å². The Morgan fingerprint density at radius 3 is 2.56 bits per heavy atom. The third kappa shape index (κ3) is 5.66. The van der Waals surface area contributed by atoms with Gasteiger partial charge in [-0.2, -0.15) is 0 Å². The van der Waals surface area contributed by atoms with Gasteiger partial charge in [0.2, 0.25) is 0 Å². The number of rotatable bonds is 8. The van der Waals surface area contributed by atoms with Crippen molar-refractivity contribution in [3.05, 3.63) is 53.6 Å². The average molecular weight is 490 g/mol. The van der Waals surface area contributed by atoms with Crippen LogP contribution in [0.15, 0.2) is 47.4 Å². The molecule has 34 heavy (non-hydrogen) atoms. The Morgan fingerprint density at radius 1 is 1.12 bits per heavy atom. The minimum atomic E-state index is -3.96. The van der Waals surface area contributed by atoms with E-state index in [4.69, 9.17) is 9.47 Å². The summed E-state index contributed by atoms with van der Waals surface area (Å²) in [6.07, 6.45) is 0.584. The van der Waals surface area contributed by atoms with E-state index in [0.717, 1.165) is 11.6 Å². The van der Waals surface area contributed by atoms with Crippen molar-refractivity contribution in [3.63, 3.8) is 0 Å². The lowest BCUT2D eigenvalue weighted by molar-refractivity contribution is -0.123. The fraction of sp³-hybridized carbons (Fsp3) is 0.348. The predicted molar refractivity (Wildman–Crippen MR) is 124 cm³/mol. The smallest absolute Gasteiger partial charge is 0.342 e. The van der Waals surface area contributed by atoms with Crippen LogP contribution >= 0.6 is 0 Å². The molecule has 10 nitrogen and oxygen atoms in total. The van der Waals surface area contributed by atoms with Gasteiger partial charge in [0.25, 0.3) is 15.9 Å². The maximum absolute atomic E-state index is 13.3. The molecule has 2 aromatic carbocycles. The fourth-order valence-corrected chi connectivity index (χ4v) is 4.93. The molecule has 0 saturated carbocycles. The maximum Gasteiger partial charge on any atom is 0.342 e. The summed E-state index contributed by atoms with van der Waals surface area (Å²) in [5, 5.41) is 4.56. The molecule has 2 aromatic rings. The number of carbonyl (C=O) groups excluding carboxylic acids is 3. The Labute approximate surface area is 198 Å². The second-order valence-electron chi connectivity index (χ2n) is 8.05. The molecule has 0 atom stereocenters. The number of anilines is 1. The minimum absolute atomic E-state index is 0.0841. The lowest BCUT2D eigenvalue weighted by Gasteiger charge is -2.20. The molecule has 0 bridgehead atoms. The van der Waals surface area contributed by atoms with Crippen LogP contribution in [0.1, 0.15) is 29.8 Å². The third-order valence-electron chi connectivity index (χ3n) is 5.08. The highest BCUT2D eigenvalue weighted by atomic mass is 32.2. The number of methoxy groups -OCH3 is 1. The molecule has 0 spiro atoms. The first-order valence-electron chi connectivity index (χ1n) is 10.7. The molecule has 11 heteroatoms. The number of nitrogens with zero attached hydrogens (tertiary/aromatic N) is 1. The highest BCUT2D eigenvalue weighted by Crippen LogP contribution is 2.34. The van der Waals surface area contributed by atoms with E-state index in [-0.39, 0.29) is 28.7 Å². The van der Waals surface area contributed by atoms with Crippen molar-refractivity contribution >= 4 is 33.6 Å². The fourth-order valence-electron chi connectivity index (χ4n) is 3.40. The number of para-hydroxylation sites is 1. The van der Waals surface area contributed by atoms with E-state index in [0.29, 0.717) is 18.7 Å². The Hall–Kier alpha value is -3.60. The number of benzene rings is 2. The zero-order valence-electron chi connectivity index (χ0n) is 19.2. The Balaban J connectivity index is 1.73. The van der Waals surface area contributed by atoms with Crippen molar-refractivity contribution in [3.8, 4) is 5.75 Å². The molecule has 0 fully saturated rings. The zero-order chi connectivity index (χ0) is 24.9. The summed E-state index contributed by atoms with van der Waals surface area (Å²) in [5.41, 5.74) is 1.35. The molecule has 0 radical (unpaired) electrons. The molecule has 3 rings (SSSR count). The number of hydrogen-bond acceptors (Lipinski definition) is 7. The molecule has 0 saturated heterocycles. The van der Waals surface area contributed by atoms with Gasteiger partial charge in [-0.15, -0.1) is 0 Å². The van der Waals surface area contributed by atoms with Crippen molar-refractivity contribution in [1.29, 1.82) is 0 Å². The number of fused-ring (bicyclic) bond motifs is 1. The number of amides is 3. The highest BCUT2D eigenvalue weighted by Gasteiger charge is 2.32. The second-order valence-corrected chi connectivity index (χ2v) is 9.91. The van der Waals surface area contributed by atoms with E-state index >= 15 is 0 Å². The molecule has 182 valence electrons. The van der Waals surface area contributed by atoms with Crippen LogP contribution in [-0.2, 0) is 26.0 Å². The number of imide groups is 1. The Bertz CT molecular complexity index is 1190. The molecule has 1 aliphatic rings. The van der Waals surface area contributed by atoms with Crippen molar-refractivity contribution in [2.75, 3.05) is 31.1 Å². The molecule has 0 aromatic heterocycles. The minimum Gasteiger partial charge on any atom is -0.496 e. The summed E-state index contributed by atoms with van der Waals surface area (Å²) in [5.74, 6) is -1.51. The highest BCUT2D eigenvalue weighted by molar-refractivity contribution is 7.92. The van der Waals surface area contributed by atoms with Gasteiger partial charge in [0.15, 0.2) is 6.61 Å². The molecule has 0 unspecified atom stereocenters. The quantitative estimate of drug-likeness (QED) is 0.543. The maximum atomic E-state index is 13.3. The normalized spacial score (nSPS) is 12.8. The van der Waals surface area contributed by atoms with Gasteiger partial charge >= 0.3 is 12.0 Å². The molecule has 3 amide bonds. The topological polar surface area (TPSA) is 131 Å². The summed E-state index contributed by atoms with van der Waals surface area (Å²) in [6.45, 7) is 3.72. The van der Waals surface area contributed by atoms with Crippen molar-refractivity contribution < 1.29 is 32.3 Å². The summed E-state index contributed by atoms with van der Waals surface area (Å²) >= 11 is 0. The van der Waals surface area contributed by atoms with Gasteiger partial charge in [-0.3, -0.25) is 14.4 Å². The molecule has 1 aliphatic heterocycles. The number of carbonyl (C=O) groups is 3. The first kappa shape index (κ1) is 25.0. The number of esters is 1. The van der Waals surface area contributed by atoms with Crippen LogP contribution in [0.2, 0.25) is 0 Å². The molecule has 1 heterocycles. The van der Waals surface area contributed by atoms with E-state index in [1.54, 1.807) is 12.1 Å². The molecular weight excluding hydrogens is 462 g/mol. The predicted octanol–water partition coefficient (Wildman–Crippen LogP) is 2.09. The van der Waals surface area contributed by atoms with Gasteiger partial charge in [0, 0.05) is 13.1 Å². The van der Waals surface area contributed by atoms with Crippen LogP contribution < -0.4 is 19.7 Å². The largest absolute Gasteiger partial charge is 0.496 e. The van der Waals surface area contributed by atoms with Gasteiger partial charge in [-0.1, -0.05) is 32.0 Å². The molecule has 0 aliphatic carbocycles. The first-order valence-corrected chi connectivity index (χ1v) is 12.1. The number of nitrogens with one attached hydrogen (secondary N) is 2. The van der Waals surface area contributed by atoms with Gasteiger partial charge in [-0.05, 0) is 42.2 Å². The summed E-state index contributed by atoms with van der Waals surface area (Å²) in [6, 6.07) is 10.4.